The lowest BCUT2D eigenvalue weighted by Gasteiger charge is -2.26. The third kappa shape index (κ3) is 4.23. The Bertz CT molecular complexity index is 781. The molecule has 1 aliphatic carbocycles. The number of rotatable bonds is 3. The summed E-state index contributed by atoms with van der Waals surface area (Å²) >= 11 is 0. The van der Waals surface area contributed by atoms with Crippen LogP contribution in [0.4, 0.5) is 0 Å². The highest BCUT2D eigenvalue weighted by Gasteiger charge is 2.27. The highest BCUT2D eigenvalue weighted by molar-refractivity contribution is 7.90. The summed E-state index contributed by atoms with van der Waals surface area (Å²) in [5, 5.41) is 0. The second kappa shape index (κ2) is 5.99. The molecule has 0 aromatic heterocycles. The molecule has 0 amide bonds. The minimum atomic E-state index is -3.81. The molecule has 0 radical (unpaired) electrons. The standard InChI is InChI=1S/C16H18N2O3S/c1-12-4-6-15(7-5-12)22(20,21)18-11-17-13-8-14(19)10-16(2,3)9-13/h4-8H,9-10H2,1-3H3. The molecule has 0 saturated heterocycles. The van der Waals surface area contributed by atoms with Gasteiger partial charge in [0.2, 0.25) is 0 Å². The van der Waals surface area contributed by atoms with Crippen LogP contribution in [0.3, 0.4) is 0 Å². The molecule has 0 aliphatic heterocycles. The van der Waals surface area contributed by atoms with Gasteiger partial charge in [0.1, 0.15) is 6.01 Å². The fourth-order valence-electron chi connectivity index (χ4n) is 2.29. The summed E-state index contributed by atoms with van der Waals surface area (Å²) in [6, 6.07) is 8.58. The van der Waals surface area contributed by atoms with Gasteiger partial charge in [0.15, 0.2) is 5.78 Å². The average molecular weight is 318 g/mol. The first-order valence-corrected chi connectivity index (χ1v) is 8.35. The fraction of sp³-hybridized carbons (Fsp3) is 0.375. The number of sulfonamides is 1. The summed E-state index contributed by atoms with van der Waals surface area (Å²) < 4.78 is 27.4. The maximum atomic E-state index is 12.0. The van der Waals surface area contributed by atoms with Crippen molar-refractivity contribution in [1.82, 2.24) is 0 Å². The lowest BCUT2D eigenvalue weighted by Crippen LogP contribution is -2.21. The minimum absolute atomic E-state index is 0.0156. The summed E-state index contributed by atoms with van der Waals surface area (Å²) in [5.41, 5.74) is 1.29. The quantitative estimate of drug-likeness (QED) is 0.803. The normalized spacial score (nSPS) is 17.4. The van der Waals surface area contributed by atoms with Gasteiger partial charge in [0, 0.05) is 12.5 Å². The van der Waals surface area contributed by atoms with Gasteiger partial charge in [-0.05, 0) is 30.9 Å². The maximum Gasteiger partial charge on any atom is 0.291 e. The first kappa shape index (κ1) is 16.3. The zero-order chi connectivity index (χ0) is 16.4. The van der Waals surface area contributed by atoms with Crippen molar-refractivity contribution in [2.24, 2.45) is 14.8 Å². The monoisotopic (exact) mass is 318 g/mol. The number of carbonyl (C=O) groups is 1. The number of ketones is 1. The van der Waals surface area contributed by atoms with Crippen LogP contribution in [0, 0.1) is 12.3 Å². The van der Waals surface area contributed by atoms with Crippen LogP contribution in [0.1, 0.15) is 32.3 Å². The second-order valence-electron chi connectivity index (χ2n) is 6.21. The Morgan fingerprint density at radius 1 is 1.14 bits per heavy atom. The van der Waals surface area contributed by atoms with Gasteiger partial charge in [-0.2, -0.15) is 13.4 Å². The van der Waals surface area contributed by atoms with E-state index in [2.05, 4.69) is 15.4 Å². The summed E-state index contributed by atoms with van der Waals surface area (Å²) in [7, 11) is -3.81. The second-order valence-corrected chi connectivity index (χ2v) is 7.82. The molecule has 0 N–H and O–H groups in total. The number of aryl methyl sites for hydroxylation is 1. The Morgan fingerprint density at radius 3 is 2.36 bits per heavy atom. The third-order valence-corrected chi connectivity index (χ3v) is 4.50. The molecule has 5 nitrogen and oxygen atoms in total. The van der Waals surface area contributed by atoms with E-state index in [1.807, 2.05) is 20.8 Å². The minimum Gasteiger partial charge on any atom is -0.295 e. The molecule has 0 saturated carbocycles. The van der Waals surface area contributed by atoms with Gasteiger partial charge >= 0.3 is 0 Å². The van der Waals surface area contributed by atoms with E-state index in [0.717, 1.165) is 5.56 Å². The van der Waals surface area contributed by atoms with Crippen molar-refractivity contribution in [3.63, 3.8) is 0 Å². The molecule has 2 rings (SSSR count). The molecule has 0 atom stereocenters. The summed E-state index contributed by atoms with van der Waals surface area (Å²) in [5.74, 6) is -0.0156. The number of hydrogen-bond donors (Lipinski definition) is 0. The Hall–Kier alpha value is -2.04. The molecule has 22 heavy (non-hydrogen) atoms. The average Bonchev–Trinajstić information content (AvgIpc) is 2.36. The molecule has 6 heteroatoms. The van der Waals surface area contributed by atoms with E-state index in [1.165, 1.54) is 18.2 Å². The SMILES string of the molecule is Cc1ccc(S(=O)(=O)N=C=NC2=CC(=O)CC(C)(C)C2)cc1. The number of carbonyl (C=O) groups excluding carboxylic acids is 1. The number of hydrogen-bond acceptors (Lipinski definition) is 4. The fourth-order valence-corrected chi connectivity index (χ4v) is 3.02. The van der Waals surface area contributed by atoms with E-state index >= 15 is 0 Å². The maximum absolute atomic E-state index is 12.0. The predicted molar refractivity (Wildman–Crippen MR) is 84.3 cm³/mol. The first-order valence-electron chi connectivity index (χ1n) is 6.91. The van der Waals surface area contributed by atoms with Gasteiger partial charge in [-0.3, -0.25) is 4.79 Å². The van der Waals surface area contributed by atoms with Gasteiger partial charge in [-0.25, -0.2) is 0 Å². The molecule has 1 aliphatic rings. The largest absolute Gasteiger partial charge is 0.295 e. The van der Waals surface area contributed by atoms with Crippen LogP contribution in [-0.4, -0.2) is 20.2 Å². The van der Waals surface area contributed by atoms with Crippen LogP contribution >= 0.6 is 0 Å². The van der Waals surface area contributed by atoms with Crippen LogP contribution in [0.2, 0.25) is 0 Å². The summed E-state index contributed by atoms with van der Waals surface area (Å²) in [6.07, 6.45) is 2.48. The molecular formula is C16H18N2O3S. The van der Waals surface area contributed by atoms with Crippen molar-refractivity contribution >= 4 is 21.8 Å². The van der Waals surface area contributed by atoms with Crippen LogP contribution < -0.4 is 0 Å². The Morgan fingerprint density at radius 2 is 1.77 bits per heavy atom. The van der Waals surface area contributed by atoms with Crippen molar-refractivity contribution < 1.29 is 13.2 Å². The zero-order valence-electron chi connectivity index (χ0n) is 12.8. The van der Waals surface area contributed by atoms with Gasteiger partial charge in [-0.1, -0.05) is 35.9 Å². The van der Waals surface area contributed by atoms with E-state index in [-0.39, 0.29) is 16.1 Å². The van der Waals surface area contributed by atoms with E-state index in [9.17, 15) is 13.2 Å². The smallest absolute Gasteiger partial charge is 0.291 e. The Kier molecular flexibility index (Phi) is 4.44. The van der Waals surface area contributed by atoms with Gasteiger partial charge < -0.3 is 0 Å². The Labute approximate surface area is 130 Å². The highest BCUT2D eigenvalue weighted by atomic mass is 32.2. The summed E-state index contributed by atoms with van der Waals surface area (Å²) in [4.78, 5) is 15.6. The predicted octanol–water partition coefficient (Wildman–Crippen LogP) is 3.13. The van der Waals surface area contributed by atoms with E-state index in [0.29, 0.717) is 18.5 Å². The van der Waals surface area contributed by atoms with Crippen LogP contribution in [-0.2, 0) is 14.8 Å². The molecule has 0 spiro atoms. The topological polar surface area (TPSA) is 75.9 Å². The number of nitrogens with zero attached hydrogens (tertiary/aromatic N) is 2. The molecule has 1 aromatic carbocycles. The lowest BCUT2D eigenvalue weighted by atomic mass is 9.79. The van der Waals surface area contributed by atoms with Crippen molar-refractivity contribution in [2.75, 3.05) is 0 Å². The van der Waals surface area contributed by atoms with Crippen molar-refractivity contribution in [2.45, 2.75) is 38.5 Å². The number of benzene rings is 1. The lowest BCUT2D eigenvalue weighted by molar-refractivity contribution is -0.117. The highest BCUT2D eigenvalue weighted by Crippen LogP contribution is 2.33. The molecule has 0 fully saturated rings. The van der Waals surface area contributed by atoms with Crippen LogP contribution in [0.25, 0.3) is 0 Å². The van der Waals surface area contributed by atoms with Gasteiger partial charge in [-0.15, -0.1) is 0 Å². The Balaban J connectivity index is 2.24. The van der Waals surface area contributed by atoms with Crippen LogP contribution in [0.15, 0.2) is 50.3 Å². The van der Waals surface area contributed by atoms with Gasteiger partial charge in [0.25, 0.3) is 10.0 Å². The number of allylic oxidation sites excluding steroid dienone is 2. The van der Waals surface area contributed by atoms with Crippen LogP contribution in [0.5, 0.6) is 0 Å². The van der Waals surface area contributed by atoms with Gasteiger partial charge in [0.05, 0.1) is 10.6 Å². The molecule has 116 valence electrons. The van der Waals surface area contributed by atoms with E-state index < -0.39 is 10.0 Å². The molecule has 1 aromatic rings. The molecule has 0 bridgehead atoms. The molecular weight excluding hydrogens is 300 g/mol. The zero-order valence-corrected chi connectivity index (χ0v) is 13.6. The number of aliphatic imine (C=N–C) groups is 1. The van der Waals surface area contributed by atoms with Crippen molar-refractivity contribution in [3.8, 4) is 0 Å². The molecule has 0 heterocycles. The van der Waals surface area contributed by atoms with Crippen molar-refractivity contribution in [3.05, 3.63) is 41.6 Å². The summed E-state index contributed by atoms with van der Waals surface area (Å²) in [6.45, 7) is 5.80. The van der Waals surface area contributed by atoms with E-state index in [1.54, 1.807) is 12.1 Å². The van der Waals surface area contributed by atoms with Crippen molar-refractivity contribution in [1.29, 1.82) is 0 Å². The third-order valence-electron chi connectivity index (χ3n) is 3.31. The first-order chi connectivity index (χ1) is 10.2. The van der Waals surface area contributed by atoms with E-state index in [4.69, 9.17) is 0 Å². The molecule has 0 unspecified atom stereocenters.